The van der Waals surface area contributed by atoms with E-state index in [9.17, 15) is 9.59 Å². The maximum absolute atomic E-state index is 13.9. The molecule has 0 unspecified atom stereocenters. The van der Waals surface area contributed by atoms with Crippen molar-refractivity contribution in [3.05, 3.63) is 63.5 Å². The minimum absolute atomic E-state index is 0.170. The summed E-state index contributed by atoms with van der Waals surface area (Å²) in [5, 5.41) is 6.43. The van der Waals surface area contributed by atoms with Gasteiger partial charge in [-0.25, -0.2) is 0 Å². The fraction of sp³-hybridized carbons (Fsp3) is 0.346. The Balaban J connectivity index is 1.78. The minimum atomic E-state index is -0.313. The van der Waals surface area contributed by atoms with Crippen molar-refractivity contribution >= 4 is 39.3 Å². The molecule has 0 spiro atoms. The quantitative estimate of drug-likeness (QED) is 0.416. The van der Waals surface area contributed by atoms with E-state index in [4.69, 9.17) is 16.3 Å². The number of hydrogen-bond acceptors (Lipinski definition) is 4. The maximum atomic E-state index is 13.9. The van der Waals surface area contributed by atoms with E-state index in [0.29, 0.717) is 27.4 Å². The van der Waals surface area contributed by atoms with Crippen LogP contribution in [0.5, 0.6) is 5.75 Å². The first-order chi connectivity index (χ1) is 16.4. The monoisotopic (exact) mass is 478 g/mol. The first kappa shape index (κ1) is 22.5. The van der Waals surface area contributed by atoms with Crippen LogP contribution >= 0.6 is 11.6 Å². The number of hydrogen-bond donors (Lipinski definition) is 0. The third kappa shape index (κ3) is 3.55. The summed E-state index contributed by atoms with van der Waals surface area (Å²) in [5.74, 6) is 0.319. The molecule has 176 valence electrons. The minimum Gasteiger partial charge on any atom is -0.495 e. The molecule has 0 radical (unpaired) electrons. The van der Waals surface area contributed by atoms with Gasteiger partial charge in [-0.15, -0.1) is 0 Å². The summed E-state index contributed by atoms with van der Waals surface area (Å²) in [7, 11) is 5.22. The Morgan fingerprint density at radius 3 is 2.59 bits per heavy atom. The molecule has 0 atom stereocenters. The zero-order valence-corrected chi connectivity index (χ0v) is 20.3. The van der Waals surface area contributed by atoms with Crippen LogP contribution in [0.25, 0.3) is 27.5 Å². The number of ether oxygens (including phenoxy) is 1. The van der Waals surface area contributed by atoms with Crippen molar-refractivity contribution in [3.8, 4) is 11.4 Å². The molecule has 1 saturated carbocycles. The average molecular weight is 479 g/mol. The molecule has 1 aliphatic rings. The number of fused-ring (bicyclic) bond motifs is 3. The second kappa shape index (κ2) is 8.80. The summed E-state index contributed by atoms with van der Waals surface area (Å²) < 4.78 is 8.36. The fourth-order valence-corrected chi connectivity index (χ4v) is 5.34. The van der Waals surface area contributed by atoms with Crippen molar-refractivity contribution < 1.29 is 9.53 Å². The van der Waals surface area contributed by atoms with Gasteiger partial charge in [0.25, 0.3) is 11.5 Å². The Kier molecular flexibility index (Phi) is 5.81. The van der Waals surface area contributed by atoms with Crippen LogP contribution < -0.4 is 10.3 Å². The van der Waals surface area contributed by atoms with E-state index in [1.54, 1.807) is 23.1 Å². The molecule has 2 heterocycles. The molecule has 4 aromatic rings. The highest BCUT2D eigenvalue weighted by Crippen LogP contribution is 2.31. The van der Waals surface area contributed by atoms with E-state index in [1.807, 2.05) is 42.9 Å². The number of carbonyl (C=O) groups excluding carboxylic acids is 1. The molecule has 2 aromatic heterocycles. The first-order valence-corrected chi connectivity index (χ1v) is 11.9. The van der Waals surface area contributed by atoms with E-state index >= 15 is 0 Å². The van der Waals surface area contributed by atoms with Gasteiger partial charge in [-0.2, -0.15) is 9.78 Å². The number of aryl methyl sites for hydroxylation is 1. The van der Waals surface area contributed by atoms with Crippen molar-refractivity contribution in [2.24, 2.45) is 7.05 Å². The third-order valence-electron chi connectivity index (χ3n) is 6.96. The molecule has 1 fully saturated rings. The molecular weight excluding hydrogens is 452 g/mol. The van der Waals surface area contributed by atoms with Crippen LogP contribution in [0.4, 0.5) is 0 Å². The highest BCUT2D eigenvalue weighted by atomic mass is 35.5. The molecular formula is C26H27ClN4O3. The second-order valence-electron chi connectivity index (χ2n) is 8.89. The average Bonchev–Trinajstić information content (AvgIpc) is 3.17. The van der Waals surface area contributed by atoms with Crippen molar-refractivity contribution in [1.82, 2.24) is 19.2 Å². The summed E-state index contributed by atoms with van der Waals surface area (Å²) >= 11 is 6.35. The summed E-state index contributed by atoms with van der Waals surface area (Å²) in [6.07, 6.45) is 5.39. The van der Waals surface area contributed by atoms with E-state index in [2.05, 4.69) is 5.10 Å². The number of halogens is 1. The Labute approximate surface area is 202 Å². The molecule has 8 heteroatoms. The molecule has 34 heavy (non-hydrogen) atoms. The van der Waals surface area contributed by atoms with Gasteiger partial charge in [0.05, 0.1) is 17.8 Å². The van der Waals surface area contributed by atoms with E-state index < -0.39 is 0 Å². The first-order valence-electron chi connectivity index (χ1n) is 11.5. The van der Waals surface area contributed by atoms with E-state index in [-0.39, 0.29) is 23.2 Å². The molecule has 0 aliphatic heterocycles. The van der Waals surface area contributed by atoms with E-state index in [1.165, 1.54) is 18.2 Å². The maximum Gasteiger partial charge on any atom is 0.296 e. The Morgan fingerprint density at radius 1 is 1.15 bits per heavy atom. The van der Waals surface area contributed by atoms with Crippen LogP contribution in [-0.4, -0.2) is 45.4 Å². The normalized spacial score (nSPS) is 14.6. The highest BCUT2D eigenvalue weighted by Gasteiger charge is 2.29. The standard InChI is InChI=1S/C26H27ClN4O3/c1-29(16-9-5-4-6-10-16)25(32)23-22-18-11-7-8-12-20(18)30(2)24(22)26(33)31(28-23)17-13-14-21(34-3)19(27)15-17/h7-8,11-16H,4-6,9-10H2,1-3H3. The molecule has 0 saturated heterocycles. The number of nitrogens with zero attached hydrogens (tertiary/aromatic N) is 4. The lowest BCUT2D eigenvalue weighted by atomic mass is 9.94. The molecule has 0 bridgehead atoms. The van der Waals surface area contributed by atoms with Crippen LogP contribution in [0.15, 0.2) is 47.3 Å². The number of para-hydroxylation sites is 1. The topological polar surface area (TPSA) is 69.4 Å². The predicted molar refractivity (Wildman–Crippen MR) is 134 cm³/mol. The molecule has 7 nitrogen and oxygen atoms in total. The van der Waals surface area contributed by atoms with Crippen LogP contribution in [0, 0.1) is 0 Å². The fourth-order valence-electron chi connectivity index (χ4n) is 5.09. The lowest BCUT2D eigenvalue weighted by molar-refractivity contribution is 0.0690. The van der Waals surface area contributed by atoms with Crippen molar-refractivity contribution in [2.75, 3.05) is 14.2 Å². The SMILES string of the molecule is COc1ccc(-n2nc(C(=O)N(C)C3CCCCC3)c3c4ccccc4n(C)c3c2=O)cc1Cl. The van der Waals surface area contributed by atoms with Gasteiger partial charge in [-0.3, -0.25) is 9.59 Å². The molecule has 2 aromatic carbocycles. The summed E-state index contributed by atoms with van der Waals surface area (Å²) in [6.45, 7) is 0. The van der Waals surface area contributed by atoms with Crippen molar-refractivity contribution in [3.63, 3.8) is 0 Å². The summed E-state index contributed by atoms with van der Waals surface area (Å²) in [4.78, 5) is 29.4. The van der Waals surface area contributed by atoms with Gasteiger partial charge in [0.1, 0.15) is 11.3 Å². The van der Waals surface area contributed by atoms with Gasteiger partial charge in [-0.05, 0) is 37.1 Å². The summed E-state index contributed by atoms with van der Waals surface area (Å²) in [5.41, 5.74) is 1.73. The number of amides is 1. The lowest BCUT2D eigenvalue weighted by Gasteiger charge is -2.31. The number of aromatic nitrogens is 3. The second-order valence-corrected chi connectivity index (χ2v) is 9.30. The van der Waals surface area contributed by atoms with Gasteiger partial charge in [0.15, 0.2) is 5.69 Å². The molecule has 5 rings (SSSR count). The zero-order valence-electron chi connectivity index (χ0n) is 19.5. The van der Waals surface area contributed by atoms with Crippen molar-refractivity contribution in [2.45, 2.75) is 38.1 Å². The van der Waals surface area contributed by atoms with Gasteiger partial charge >= 0.3 is 0 Å². The Bertz CT molecular complexity index is 1470. The van der Waals surface area contributed by atoms with Gasteiger partial charge in [-0.1, -0.05) is 49.1 Å². The van der Waals surface area contributed by atoms with Crippen LogP contribution in [0.1, 0.15) is 42.6 Å². The Morgan fingerprint density at radius 2 is 1.88 bits per heavy atom. The summed E-state index contributed by atoms with van der Waals surface area (Å²) in [6, 6.07) is 12.9. The van der Waals surface area contributed by atoms with Gasteiger partial charge in [0, 0.05) is 36.4 Å². The predicted octanol–water partition coefficient (Wildman–Crippen LogP) is 4.94. The van der Waals surface area contributed by atoms with Crippen LogP contribution in [0.3, 0.4) is 0 Å². The molecule has 1 aliphatic carbocycles. The van der Waals surface area contributed by atoms with Gasteiger partial charge < -0.3 is 14.2 Å². The number of rotatable bonds is 4. The van der Waals surface area contributed by atoms with Crippen molar-refractivity contribution in [1.29, 1.82) is 0 Å². The number of benzene rings is 2. The smallest absolute Gasteiger partial charge is 0.296 e. The zero-order chi connectivity index (χ0) is 24.0. The third-order valence-corrected chi connectivity index (χ3v) is 7.26. The highest BCUT2D eigenvalue weighted by molar-refractivity contribution is 6.32. The van der Waals surface area contributed by atoms with Gasteiger partial charge in [0.2, 0.25) is 0 Å². The lowest BCUT2D eigenvalue weighted by Crippen LogP contribution is -2.39. The number of carbonyl (C=O) groups is 1. The molecule has 0 N–H and O–H groups in total. The number of methoxy groups -OCH3 is 1. The van der Waals surface area contributed by atoms with Crippen LogP contribution in [0.2, 0.25) is 5.02 Å². The van der Waals surface area contributed by atoms with Crippen LogP contribution in [-0.2, 0) is 7.05 Å². The largest absolute Gasteiger partial charge is 0.495 e. The Hall–Kier alpha value is -3.32. The van der Waals surface area contributed by atoms with E-state index in [0.717, 1.165) is 36.6 Å². The molecule has 1 amide bonds.